The number of carbonyl (C=O) groups is 1. The molecule has 1 aliphatic heterocycles. The number of hydrogen-bond donors (Lipinski definition) is 1. The van der Waals surface area contributed by atoms with Crippen LogP contribution in [0.2, 0.25) is 0 Å². The summed E-state index contributed by atoms with van der Waals surface area (Å²) >= 11 is 3.40. The molecule has 0 bridgehead atoms. The Hall–Kier alpha value is -1.23. The Kier molecular flexibility index (Phi) is 3.57. The third kappa shape index (κ3) is 2.39. The first-order valence-electron chi connectivity index (χ1n) is 5.42. The summed E-state index contributed by atoms with van der Waals surface area (Å²) in [6, 6.07) is 3.52. The van der Waals surface area contributed by atoms with Crippen molar-refractivity contribution in [2.24, 2.45) is 0 Å². The Morgan fingerprint density at radius 2 is 2.12 bits per heavy atom. The molecular formula is C12H13BrO4. The minimum Gasteiger partial charge on any atom is -0.490 e. The van der Waals surface area contributed by atoms with Crippen molar-refractivity contribution in [3.63, 3.8) is 0 Å². The van der Waals surface area contributed by atoms with Crippen LogP contribution in [0.5, 0.6) is 11.5 Å². The van der Waals surface area contributed by atoms with Crippen molar-refractivity contribution in [3.05, 3.63) is 22.2 Å². The molecule has 17 heavy (non-hydrogen) atoms. The van der Waals surface area contributed by atoms with Crippen molar-refractivity contribution in [2.75, 3.05) is 13.2 Å². The molecule has 1 aliphatic rings. The van der Waals surface area contributed by atoms with E-state index in [4.69, 9.17) is 14.6 Å². The average Bonchev–Trinajstić information content (AvgIpc) is 2.54. The van der Waals surface area contributed by atoms with Gasteiger partial charge in [-0.2, -0.15) is 0 Å². The quantitative estimate of drug-likeness (QED) is 0.912. The highest BCUT2D eigenvalue weighted by atomic mass is 79.9. The zero-order valence-electron chi connectivity index (χ0n) is 9.40. The number of rotatable bonds is 2. The molecule has 5 heteroatoms. The first-order chi connectivity index (χ1) is 8.11. The van der Waals surface area contributed by atoms with Crippen molar-refractivity contribution in [2.45, 2.75) is 19.3 Å². The second-order valence-corrected chi connectivity index (χ2v) is 4.70. The molecule has 1 aromatic carbocycles. The van der Waals surface area contributed by atoms with E-state index in [0.717, 1.165) is 6.42 Å². The van der Waals surface area contributed by atoms with Gasteiger partial charge in [-0.05, 0) is 34.5 Å². The third-order valence-electron chi connectivity index (χ3n) is 2.72. The third-order valence-corrected chi connectivity index (χ3v) is 3.54. The number of aliphatic carboxylic acids is 1. The molecule has 0 aromatic heterocycles. The van der Waals surface area contributed by atoms with Crippen molar-refractivity contribution in [1.29, 1.82) is 0 Å². The van der Waals surface area contributed by atoms with E-state index in [1.807, 2.05) is 0 Å². The first kappa shape index (κ1) is 12.2. The first-order valence-corrected chi connectivity index (χ1v) is 6.21. The molecule has 1 atom stereocenters. The van der Waals surface area contributed by atoms with E-state index in [9.17, 15) is 4.79 Å². The van der Waals surface area contributed by atoms with Crippen LogP contribution in [-0.2, 0) is 4.79 Å². The highest BCUT2D eigenvalue weighted by Crippen LogP contribution is 2.41. The SMILES string of the molecule is CC(C(=O)O)c1ccc2c(c1Br)OCCCO2. The van der Waals surface area contributed by atoms with Crippen LogP contribution >= 0.6 is 15.9 Å². The molecule has 4 nitrogen and oxygen atoms in total. The molecule has 0 amide bonds. The molecule has 1 N–H and O–H groups in total. The van der Waals surface area contributed by atoms with E-state index in [2.05, 4.69) is 15.9 Å². The lowest BCUT2D eigenvalue weighted by atomic mass is 10.0. The summed E-state index contributed by atoms with van der Waals surface area (Å²) in [5.74, 6) is -0.175. The number of fused-ring (bicyclic) bond motifs is 1. The van der Waals surface area contributed by atoms with E-state index in [1.54, 1.807) is 19.1 Å². The Labute approximate surface area is 108 Å². The van der Waals surface area contributed by atoms with Crippen molar-refractivity contribution < 1.29 is 19.4 Å². The molecule has 1 unspecified atom stereocenters. The van der Waals surface area contributed by atoms with Crippen LogP contribution in [0.4, 0.5) is 0 Å². The van der Waals surface area contributed by atoms with Crippen LogP contribution < -0.4 is 9.47 Å². The Balaban J connectivity index is 2.44. The summed E-state index contributed by atoms with van der Waals surface area (Å²) in [5, 5.41) is 9.03. The maximum atomic E-state index is 11.0. The fourth-order valence-corrected chi connectivity index (χ4v) is 2.47. The number of ether oxygens (including phenoxy) is 2. The second-order valence-electron chi connectivity index (χ2n) is 3.91. The van der Waals surface area contributed by atoms with Gasteiger partial charge in [0.15, 0.2) is 11.5 Å². The molecule has 0 saturated carbocycles. The second kappa shape index (κ2) is 4.96. The monoisotopic (exact) mass is 300 g/mol. The molecule has 0 fully saturated rings. The summed E-state index contributed by atoms with van der Waals surface area (Å²) in [5.41, 5.74) is 0.696. The van der Waals surface area contributed by atoms with Gasteiger partial charge >= 0.3 is 5.97 Å². The van der Waals surface area contributed by atoms with Gasteiger partial charge in [0, 0.05) is 6.42 Å². The predicted molar refractivity (Wildman–Crippen MR) is 65.8 cm³/mol. The van der Waals surface area contributed by atoms with Crippen LogP contribution in [0.15, 0.2) is 16.6 Å². The molecule has 2 rings (SSSR count). The summed E-state index contributed by atoms with van der Waals surface area (Å²) in [6.45, 7) is 2.84. The molecule has 0 aliphatic carbocycles. The Morgan fingerprint density at radius 1 is 1.41 bits per heavy atom. The van der Waals surface area contributed by atoms with Crippen LogP contribution in [-0.4, -0.2) is 24.3 Å². The molecule has 1 aromatic rings. The van der Waals surface area contributed by atoms with Crippen LogP contribution in [0.3, 0.4) is 0 Å². The highest BCUT2D eigenvalue weighted by Gasteiger charge is 2.22. The van der Waals surface area contributed by atoms with E-state index >= 15 is 0 Å². The summed E-state index contributed by atoms with van der Waals surface area (Å²) in [7, 11) is 0. The van der Waals surface area contributed by atoms with Gasteiger partial charge in [-0.25, -0.2) is 0 Å². The average molecular weight is 301 g/mol. The van der Waals surface area contributed by atoms with Crippen molar-refractivity contribution in [1.82, 2.24) is 0 Å². The lowest BCUT2D eigenvalue weighted by Crippen LogP contribution is -2.08. The van der Waals surface area contributed by atoms with E-state index in [-0.39, 0.29) is 0 Å². The van der Waals surface area contributed by atoms with Gasteiger partial charge in [-0.15, -0.1) is 0 Å². The number of benzene rings is 1. The zero-order chi connectivity index (χ0) is 12.4. The van der Waals surface area contributed by atoms with Crippen LogP contribution in [0.25, 0.3) is 0 Å². The molecule has 0 spiro atoms. The maximum Gasteiger partial charge on any atom is 0.310 e. The van der Waals surface area contributed by atoms with Crippen molar-refractivity contribution >= 4 is 21.9 Å². The Bertz CT molecular complexity index is 444. The topological polar surface area (TPSA) is 55.8 Å². The summed E-state index contributed by atoms with van der Waals surface area (Å²) < 4.78 is 11.8. The highest BCUT2D eigenvalue weighted by molar-refractivity contribution is 9.10. The standard InChI is InChI=1S/C12H13BrO4/c1-7(12(14)15)8-3-4-9-11(10(8)13)17-6-2-5-16-9/h3-4,7H,2,5-6H2,1H3,(H,14,15). The van der Waals surface area contributed by atoms with Gasteiger partial charge in [0.05, 0.1) is 23.6 Å². The summed E-state index contributed by atoms with van der Waals surface area (Å²) in [4.78, 5) is 11.0. The molecule has 0 saturated heterocycles. The maximum absolute atomic E-state index is 11.0. The predicted octanol–water partition coefficient (Wildman–Crippen LogP) is 2.80. The normalized spacial score (nSPS) is 16.1. The largest absolute Gasteiger partial charge is 0.490 e. The number of carboxylic acids is 1. The minimum absolute atomic E-state index is 0.580. The van der Waals surface area contributed by atoms with Crippen molar-refractivity contribution in [3.8, 4) is 11.5 Å². The molecular weight excluding hydrogens is 288 g/mol. The van der Waals surface area contributed by atoms with Gasteiger partial charge in [-0.3, -0.25) is 4.79 Å². The van der Waals surface area contributed by atoms with E-state index in [0.29, 0.717) is 34.7 Å². The van der Waals surface area contributed by atoms with Gasteiger partial charge in [0.1, 0.15) is 0 Å². The van der Waals surface area contributed by atoms with E-state index < -0.39 is 11.9 Å². The number of hydrogen-bond acceptors (Lipinski definition) is 3. The van der Waals surface area contributed by atoms with Gasteiger partial charge in [0.25, 0.3) is 0 Å². The smallest absolute Gasteiger partial charge is 0.310 e. The zero-order valence-corrected chi connectivity index (χ0v) is 11.0. The van der Waals surface area contributed by atoms with Crippen LogP contribution in [0, 0.1) is 0 Å². The fourth-order valence-electron chi connectivity index (χ4n) is 1.68. The lowest BCUT2D eigenvalue weighted by molar-refractivity contribution is -0.138. The van der Waals surface area contributed by atoms with Crippen LogP contribution in [0.1, 0.15) is 24.8 Å². The van der Waals surface area contributed by atoms with E-state index in [1.165, 1.54) is 0 Å². The number of carboxylic acid groups (broad SMARTS) is 1. The molecule has 1 heterocycles. The Morgan fingerprint density at radius 3 is 2.82 bits per heavy atom. The molecule has 92 valence electrons. The van der Waals surface area contributed by atoms with Gasteiger partial charge in [-0.1, -0.05) is 6.07 Å². The summed E-state index contributed by atoms with van der Waals surface area (Å²) in [6.07, 6.45) is 0.824. The fraction of sp³-hybridized carbons (Fsp3) is 0.417. The number of halogens is 1. The minimum atomic E-state index is -0.861. The molecule has 0 radical (unpaired) electrons. The van der Waals surface area contributed by atoms with Gasteiger partial charge < -0.3 is 14.6 Å². The van der Waals surface area contributed by atoms with Gasteiger partial charge in [0.2, 0.25) is 0 Å². The lowest BCUT2D eigenvalue weighted by Gasteiger charge is -2.15.